The molecule has 0 saturated heterocycles. The monoisotopic (exact) mass is 141 g/mol. The molecule has 0 N–H and O–H groups in total. The number of ether oxygens (including phenoxy) is 1. The van der Waals surface area contributed by atoms with E-state index in [-0.39, 0.29) is 0 Å². The van der Waals surface area contributed by atoms with Crippen molar-refractivity contribution in [3.63, 3.8) is 0 Å². The molecule has 0 aromatic carbocycles. The molecule has 0 aliphatic carbocycles. The van der Waals surface area contributed by atoms with Crippen LogP contribution in [-0.2, 0) is 11.3 Å². The van der Waals surface area contributed by atoms with Crippen LogP contribution < -0.4 is 0 Å². The predicted octanol–water partition coefficient (Wildman–Crippen LogP) is 1.44. The summed E-state index contributed by atoms with van der Waals surface area (Å²) in [6.45, 7) is 4.24. The molecule has 0 unspecified atom stereocenters. The third-order valence-electron chi connectivity index (χ3n) is 1.28. The van der Waals surface area contributed by atoms with E-state index in [0.717, 1.165) is 11.5 Å². The largest absolute Gasteiger partial charge is 0.443 e. The Morgan fingerprint density at radius 3 is 2.60 bits per heavy atom. The van der Waals surface area contributed by atoms with Gasteiger partial charge >= 0.3 is 0 Å². The van der Waals surface area contributed by atoms with Crippen LogP contribution in [0.3, 0.4) is 0 Å². The zero-order valence-electron chi connectivity index (χ0n) is 6.47. The van der Waals surface area contributed by atoms with Crippen molar-refractivity contribution in [3.05, 3.63) is 17.3 Å². The molecule has 1 aromatic heterocycles. The third kappa shape index (κ3) is 1.36. The number of oxazole rings is 1. The molecule has 56 valence electrons. The van der Waals surface area contributed by atoms with Crippen LogP contribution in [0.15, 0.2) is 4.42 Å². The van der Waals surface area contributed by atoms with E-state index in [2.05, 4.69) is 4.98 Å². The van der Waals surface area contributed by atoms with E-state index in [9.17, 15) is 0 Å². The maximum Gasteiger partial charge on any atom is 0.191 e. The van der Waals surface area contributed by atoms with Crippen molar-refractivity contribution < 1.29 is 9.15 Å². The van der Waals surface area contributed by atoms with Gasteiger partial charge in [0.2, 0.25) is 0 Å². The molecule has 0 atom stereocenters. The van der Waals surface area contributed by atoms with Crippen LogP contribution in [0.1, 0.15) is 17.3 Å². The minimum Gasteiger partial charge on any atom is -0.443 e. The van der Waals surface area contributed by atoms with Crippen molar-refractivity contribution in [1.82, 2.24) is 4.98 Å². The Balaban J connectivity index is 2.81. The molecule has 1 aromatic rings. The first-order valence-corrected chi connectivity index (χ1v) is 3.16. The fourth-order valence-corrected chi connectivity index (χ4v) is 0.838. The van der Waals surface area contributed by atoms with Gasteiger partial charge in [-0.1, -0.05) is 0 Å². The number of hydrogen-bond acceptors (Lipinski definition) is 3. The summed E-state index contributed by atoms with van der Waals surface area (Å²) in [6, 6.07) is 0. The molecular formula is C7H11NO2. The molecule has 1 heterocycles. The first-order chi connectivity index (χ1) is 4.74. The lowest BCUT2D eigenvalue weighted by atomic mass is 10.4. The summed E-state index contributed by atoms with van der Waals surface area (Å²) in [5, 5.41) is 0. The summed E-state index contributed by atoms with van der Waals surface area (Å²) in [5.74, 6) is 1.52. The van der Waals surface area contributed by atoms with Crippen LogP contribution >= 0.6 is 0 Å². The highest BCUT2D eigenvalue weighted by Crippen LogP contribution is 2.09. The van der Waals surface area contributed by atoms with E-state index in [1.807, 2.05) is 13.8 Å². The van der Waals surface area contributed by atoms with Crippen molar-refractivity contribution in [1.29, 1.82) is 0 Å². The molecule has 0 aliphatic rings. The Morgan fingerprint density at radius 1 is 1.50 bits per heavy atom. The summed E-state index contributed by atoms with van der Waals surface area (Å²) in [6.07, 6.45) is 0. The lowest BCUT2D eigenvalue weighted by Crippen LogP contribution is -1.86. The van der Waals surface area contributed by atoms with E-state index in [4.69, 9.17) is 9.15 Å². The summed E-state index contributed by atoms with van der Waals surface area (Å²) >= 11 is 0. The van der Waals surface area contributed by atoms with Gasteiger partial charge in [-0.3, -0.25) is 0 Å². The molecule has 3 nitrogen and oxygen atoms in total. The van der Waals surface area contributed by atoms with Gasteiger partial charge in [-0.25, -0.2) is 4.98 Å². The molecule has 1 rings (SSSR count). The van der Waals surface area contributed by atoms with Gasteiger partial charge in [-0.2, -0.15) is 0 Å². The molecule has 0 radical (unpaired) electrons. The average Bonchev–Trinajstić information content (AvgIpc) is 2.13. The first-order valence-electron chi connectivity index (χ1n) is 3.16. The summed E-state index contributed by atoms with van der Waals surface area (Å²) in [4.78, 5) is 4.08. The molecule has 0 fully saturated rings. The van der Waals surface area contributed by atoms with E-state index in [1.54, 1.807) is 7.11 Å². The summed E-state index contributed by atoms with van der Waals surface area (Å²) < 4.78 is 10.1. The fraction of sp³-hybridized carbons (Fsp3) is 0.571. The fourth-order valence-electron chi connectivity index (χ4n) is 0.838. The second-order valence-corrected chi connectivity index (χ2v) is 2.17. The van der Waals surface area contributed by atoms with E-state index < -0.39 is 0 Å². The van der Waals surface area contributed by atoms with E-state index in [1.165, 1.54) is 0 Å². The minimum absolute atomic E-state index is 0.507. The number of aromatic nitrogens is 1. The Morgan fingerprint density at radius 2 is 2.20 bits per heavy atom. The van der Waals surface area contributed by atoms with Crippen LogP contribution in [0.5, 0.6) is 0 Å². The molecule has 3 heteroatoms. The van der Waals surface area contributed by atoms with Crippen LogP contribution in [-0.4, -0.2) is 12.1 Å². The minimum atomic E-state index is 0.507. The smallest absolute Gasteiger partial charge is 0.191 e. The van der Waals surface area contributed by atoms with Crippen molar-refractivity contribution in [2.75, 3.05) is 7.11 Å². The SMILES string of the molecule is COCc1oc(C)nc1C. The summed E-state index contributed by atoms with van der Waals surface area (Å²) in [7, 11) is 1.64. The Bertz CT molecular complexity index is 217. The third-order valence-corrected chi connectivity index (χ3v) is 1.28. The molecule has 0 bridgehead atoms. The maximum absolute atomic E-state index is 5.22. The lowest BCUT2D eigenvalue weighted by molar-refractivity contribution is 0.162. The topological polar surface area (TPSA) is 35.3 Å². The van der Waals surface area contributed by atoms with Crippen molar-refractivity contribution in [3.8, 4) is 0 Å². The van der Waals surface area contributed by atoms with Crippen LogP contribution in [0.2, 0.25) is 0 Å². The van der Waals surface area contributed by atoms with Crippen molar-refractivity contribution >= 4 is 0 Å². The highest BCUT2D eigenvalue weighted by molar-refractivity contribution is 5.05. The van der Waals surface area contributed by atoms with Gasteiger partial charge in [-0.05, 0) is 6.92 Å². The number of methoxy groups -OCH3 is 1. The molecular weight excluding hydrogens is 130 g/mol. The number of rotatable bonds is 2. The van der Waals surface area contributed by atoms with Gasteiger partial charge in [-0.15, -0.1) is 0 Å². The van der Waals surface area contributed by atoms with Crippen molar-refractivity contribution in [2.45, 2.75) is 20.5 Å². The number of hydrogen-bond donors (Lipinski definition) is 0. The van der Waals surface area contributed by atoms with E-state index in [0.29, 0.717) is 12.5 Å². The molecule has 0 spiro atoms. The Kier molecular flexibility index (Phi) is 2.06. The molecule has 10 heavy (non-hydrogen) atoms. The molecule has 0 aliphatic heterocycles. The van der Waals surface area contributed by atoms with Gasteiger partial charge < -0.3 is 9.15 Å². The van der Waals surface area contributed by atoms with Gasteiger partial charge in [0.05, 0.1) is 5.69 Å². The molecule has 0 saturated carbocycles. The average molecular weight is 141 g/mol. The maximum atomic E-state index is 5.22. The summed E-state index contributed by atoms with van der Waals surface area (Å²) in [5.41, 5.74) is 0.916. The zero-order valence-corrected chi connectivity index (χ0v) is 6.47. The Labute approximate surface area is 60.0 Å². The standard InChI is InChI=1S/C7H11NO2/c1-5-7(4-9-3)10-6(2)8-5/h4H2,1-3H3. The predicted molar refractivity (Wildman–Crippen MR) is 36.7 cm³/mol. The van der Waals surface area contributed by atoms with Gasteiger partial charge in [0, 0.05) is 14.0 Å². The second kappa shape index (κ2) is 2.84. The van der Waals surface area contributed by atoms with Crippen LogP contribution in [0, 0.1) is 13.8 Å². The van der Waals surface area contributed by atoms with Crippen LogP contribution in [0.4, 0.5) is 0 Å². The normalized spacial score (nSPS) is 10.3. The quantitative estimate of drug-likeness (QED) is 0.625. The highest BCUT2D eigenvalue weighted by Gasteiger charge is 2.04. The lowest BCUT2D eigenvalue weighted by Gasteiger charge is -1.91. The zero-order chi connectivity index (χ0) is 7.56. The first kappa shape index (κ1) is 7.28. The number of aryl methyl sites for hydroxylation is 2. The number of nitrogens with zero attached hydrogens (tertiary/aromatic N) is 1. The second-order valence-electron chi connectivity index (χ2n) is 2.17. The molecule has 0 amide bonds. The Hall–Kier alpha value is -0.830. The van der Waals surface area contributed by atoms with E-state index >= 15 is 0 Å². The van der Waals surface area contributed by atoms with Gasteiger partial charge in [0.15, 0.2) is 11.7 Å². The van der Waals surface area contributed by atoms with Crippen molar-refractivity contribution in [2.24, 2.45) is 0 Å². The van der Waals surface area contributed by atoms with Crippen LogP contribution in [0.25, 0.3) is 0 Å². The van der Waals surface area contributed by atoms with Gasteiger partial charge in [0.25, 0.3) is 0 Å². The van der Waals surface area contributed by atoms with Gasteiger partial charge in [0.1, 0.15) is 6.61 Å². The highest BCUT2D eigenvalue weighted by atomic mass is 16.5.